The molecule has 0 radical (unpaired) electrons. The van der Waals surface area contributed by atoms with E-state index in [1.54, 1.807) is 25.3 Å². The zero-order valence-corrected chi connectivity index (χ0v) is 21.1. The summed E-state index contributed by atoms with van der Waals surface area (Å²) in [6.07, 6.45) is -0.310. The number of methoxy groups -OCH3 is 1. The van der Waals surface area contributed by atoms with Crippen LogP contribution in [0.4, 0.5) is 8.78 Å². The number of aryl methyl sites for hydroxylation is 1. The number of hydrogen-bond acceptors (Lipinski definition) is 6. The number of halogens is 2. The Bertz CT molecular complexity index is 1190. The molecule has 200 valence electrons. The number of nitrogens with one attached hydrogen (secondary N) is 1. The molecule has 10 heteroatoms. The first kappa shape index (κ1) is 26.8. The number of alkyl halides is 2. The SMILES string of the molecule is COc1cc(C)c2[nH]ccc2c1CN1CCN(CC(F)F)CC1.O=C(O)c1ccccc1OC1COC1. The van der Waals surface area contributed by atoms with Crippen LogP contribution in [0.5, 0.6) is 11.5 Å². The molecule has 5 rings (SSSR count). The van der Waals surface area contributed by atoms with Gasteiger partial charge in [0.2, 0.25) is 0 Å². The Kier molecular flexibility index (Phi) is 8.96. The standard InChI is InChI=1S/C17H23F2N3O.C10H10O4/c1-12-9-15(23-2)14(13-3-4-20-17(12)13)10-21-5-7-22(8-6-21)11-16(18)19;11-10(12)8-3-1-2-4-9(8)14-7-5-13-6-7/h3-4,9,16,20H,5-8,10-11H2,1-2H3;1-4,7H,5-6H2,(H,11,12). The van der Waals surface area contributed by atoms with Crippen molar-refractivity contribution < 1.29 is 32.9 Å². The number of fused-ring (bicyclic) bond motifs is 1. The van der Waals surface area contributed by atoms with Crippen LogP contribution in [-0.2, 0) is 11.3 Å². The summed E-state index contributed by atoms with van der Waals surface area (Å²) in [6, 6.07) is 10.7. The number of carboxylic acids is 1. The van der Waals surface area contributed by atoms with E-state index in [0.29, 0.717) is 32.1 Å². The maximum absolute atomic E-state index is 12.5. The maximum atomic E-state index is 12.5. The lowest BCUT2D eigenvalue weighted by atomic mass is 10.0. The highest BCUT2D eigenvalue weighted by Gasteiger charge is 2.23. The molecule has 2 aliphatic rings. The van der Waals surface area contributed by atoms with Crippen LogP contribution in [0.3, 0.4) is 0 Å². The lowest BCUT2D eigenvalue weighted by Crippen LogP contribution is -2.47. The highest BCUT2D eigenvalue weighted by Crippen LogP contribution is 2.31. The van der Waals surface area contributed by atoms with E-state index >= 15 is 0 Å². The molecule has 0 unspecified atom stereocenters. The summed E-state index contributed by atoms with van der Waals surface area (Å²) in [5.41, 5.74) is 3.65. The van der Waals surface area contributed by atoms with Gasteiger partial charge in [0.1, 0.15) is 23.2 Å². The van der Waals surface area contributed by atoms with E-state index in [1.165, 1.54) is 11.5 Å². The minimum Gasteiger partial charge on any atom is -0.496 e. The zero-order valence-electron chi connectivity index (χ0n) is 21.1. The highest BCUT2D eigenvalue weighted by atomic mass is 19.3. The second-order valence-electron chi connectivity index (χ2n) is 9.19. The van der Waals surface area contributed by atoms with E-state index in [9.17, 15) is 13.6 Å². The van der Waals surface area contributed by atoms with E-state index < -0.39 is 12.4 Å². The van der Waals surface area contributed by atoms with Crippen molar-refractivity contribution in [1.82, 2.24) is 14.8 Å². The molecule has 2 fully saturated rings. The Morgan fingerprint density at radius 2 is 1.84 bits per heavy atom. The van der Waals surface area contributed by atoms with E-state index in [0.717, 1.165) is 42.0 Å². The molecule has 0 amide bonds. The number of nitrogens with zero attached hydrogens (tertiary/aromatic N) is 2. The van der Waals surface area contributed by atoms with Gasteiger partial charge in [-0.15, -0.1) is 0 Å². The molecule has 0 saturated carbocycles. The van der Waals surface area contributed by atoms with Gasteiger partial charge in [0, 0.05) is 55.4 Å². The Morgan fingerprint density at radius 3 is 2.46 bits per heavy atom. The molecule has 3 aromatic rings. The molecule has 1 aromatic heterocycles. The Labute approximate surface area is 214 Å². The van der Waals surface area contributed by atoms with E-state index in [4.69, 9.17) is 19.3 Å². The molecule has 3 heterocycles. The molecule has 0 spiro atoms. The number of carboxylic acid groups (broad SMARTS) is 1. The fourth-order valence-electron chi connectivity index (χ4n) is 4.54. The van der Waals surface area contributed by atoms with Crippen LogP contribution >= 0.6 is 0 Å². The summed E-state index contributed by atoms with van der Waals surface area (Å²) in [7, 11) is 1.69. The molecule has 2 N–H and O–H groups in total. The number of hydrogen-bond donors (Lipinski definition) is 2. The van der Waals surface area contributed by atoms with Gasteiger partial charge in [0.25, 0.3) is 6.43 Å². The Balaban J connectivity index is 0.000000195. The first-order valence-corrected chi connectivity index (χ1v) is 12.3. The van der Waals surface area contributed by atoms with Gasteiger partial charge in [-0.05, 0) is 36.8 Å². The third kappa shape index (κ3) is 6.76. The monoisotopic (exact) mass is 517 g/mol. The fraction of sp³-hybridized carbons (Fsp3) is 0.444. The number of H-pyrrole nitrogens is 1. The number of piperazine rings is 1. The van der Waals surface area contributed by atoms with Gasteiger partial charge in [0.05, 0.1) is 26.9 Å². The van der Waals surface area contributed by atoms with Crippen LogP contribution < -0.4 is 9.47 Å². The Morgan fingerprint density at radius 1 is 1.14 bits per heavy atom. The summed E-state index contributed by atoms with van der Waals surface area (Å²) in [5.74, 6) is 0.332. The second kappa shape index (κ2) is 12.4. The molecule has 8 nitrogen and oxygen atoms in total. The quantitative estimate of drug-likeness (QED) is 0.467. The average molecular weight is 518 g/mol. The molecular weight excluding hydrogens is 484 g/mol. The third-order valence-electron chi connectivity index (χ3n) is 6.59. The summed E-state index contributed by atoms with van der Waals surface area (Å²) in [6.45, 7) is 6.77. The number of benzene rings is 2. The third-order valence-corrected chi connectivity index (χ3v) is 6.59. The fourth-order valence-corrected chi connectivity index (χ4v) is 4.54. The molecule has 0 atom stereocenters. The van der Waals surface area contributed by atoms with Gasteiger partial charge >= 0.3 is 5.97 Å². The summed E-state index contributed by atoms with van der Waals surface area (Å²) >= 11 is 0. The van der Waals surface area contributed by atoms with Crippen molar-refractivity contribution >= 4 is 16.9 Å². The van der Waals surface area contributed by atoms with Gasteiger partial charge in [-0.2, -0.15) is 0 Å². The topological polar surface area (TPSA) is 87.3 Å². The minimum absolute atomic E-state index is 0.00417. The largest absolute Gasteiger partial charge is 0.496 e. The van der Waals surface area contributed by atoms with Crippen molar-refractivity contribution in [3.63, 3.8) is 0 Å². The van der Waals surface area contributed by atoms with Crippen molar-refractivity contribution in [3.8, 4) is 11.5 Å². The summed E-state index contributed by atoms with van der Waals surface area (Å²) in [4.78, 5) is 18.2. The predicted octanol–water partition coefficient (Wildman–Crippen LogP) is 4.03. The van der Waals surface area contributed by atoms with Crippen molar-refractivity contribution in [2.45, 2.75) is 26.0 Å². The number of rotatable bonds is 8. The van der Waals surface area contributed by atoms with Crippen LogP contribution in [0, 0.1) is 6.92 Å². The van der Waals surface area contributed by atoms with E-state index in [-0.39, 0.29) is 18.2 Å². The van der Waals surface area contributed by atoms with Gasteiger partial charge in [-0.25, -0.2) is 13.6 Å². The van der Waals surface area contributed by atoms with Gasteiger partial charge in [-0.1, -0.05) is 12.1 Å². The Hall–Kier alpha value is -3.21. The number of aromatic nitrogens is 1. The first-order valence-electron chi connectivity index (χ1n) is 12.3. The number of para-hydroxylation sites is 1. The summed E-state index contributed by atoms with van der Waals surface area (Å²) in [5, 5.41) is 10.0. The number of aromatic amines is 1. The van der Waals surface area contributed by atoms with Gasteiger partial charge in [-0.3, -0.25) is 9.80 Å². The van der Waals surface area contributed by atoms with Crippen LogP contribution in [0.1, 0.15) is 21.5 Å². The van der Waals surface area contributed by atoms with Crippen molar-refractivity contribution in [1.29, 1.82) is 0 Å². The van der Waals surface area contributed by atoms with Crippen LogP contribution in [0.2, 0.25) is 0 Å². The molecule has 2 saturated heterocycles. The minimum atomic E-state index is -2.25. The second-order valence-corrected chi connectivity index (χ2v) is 9.19. The zero-order chi connectivity index (χ0) is 26.4. The average Bonchev–Trinajstić information content (AvgIpc) is 3.35. The molecular formula is C27H33F2N3O5. The van der Waals surface area contributed by atoms with Gasteiger partial charge in [0.15, 0.2) is 0 Å². The lowest BCUT2D eigenvalue weighted by molar-refractivity contribution is -0.0799. The lowest BCUT2D eigenvalue weighted by Gasteiger charge is -2.34. The van der Waals surface area contributed by atoms with Crippen molar-refractivity contribution in [3.05, 3.63) is 59.3 Å². The normalized spacial score (nSPS) is 16.8. The van der Waals surface area contributed by atoms with Crippen LogP contribution in [0.15, 0.2) is 42.6 Å². The van der Waals surface area contributed by atoms with Crippen LogP contribution in [0.25, 0.3) is 10.9 Å². The van der Waals surface area contributed by atoms with Gasteiger partial charge < -0.3 is 24.3 Å². The van der Waals surface area contributed by atoms with Crippen molar-refractivity contribution in [2.24, 2.45) is 0 Å². The molecule has 0 aliphatic carbocycles. The maximum Gasteiger partial charge on any atom is 0.339 e. The molecule has 0 bridgehead atoms. The van der Waals surface area contributed by atoms with E-state index in [1.807, 2.05) is 11.1 Å². The smallest absolute Gasteiger partial charge is 0.339 e. The van der Waals surface area contributed by atoms with Crippen molar-refractivity contribution in [2.75, 3.05) is 53.0 Å². The number of carbonyl (C=O) groups is 1. The highest BCUT2D eigenvalue weighted by molar-refractivity contribution is 5.90. The summed E-state index contributed by atoms with van der Waals surface area (Å²) < 4.78 is 40.9. The first-order chi connectivity index (χ1) is 17.9. The number of ether oxygens (including phenoxy) is 3. The number of aromatic carboxylic acids is 1. The molecule has 2 aliphatic heterocycles. The predicted molar refractivity (Wildman–Crippen MR) is 136 cm³/mol. The van der Waals surface area contributed by atoms with Crippen LogP contribution in [-0.4, -0.2) is 91.4 Å². The molecule has 37 heavy (non-hydrogen) atoms. The van der Waals surface area contributed by atoms with E-state index in [2.05, 4.69) is 28.9 Å². The molecule has 2 aromatic carbocycles.